The molecule has 10 amide bonds. The second-order valence-corrected chi connectivity index (χ2v) is 34.9. The molecule has 0 radical (unpaired) electrons. The molecule has 6 N–H and O–H groups in total. The van der Waals surface area contributed by atoms with Gasteiger partial charge in [0, 0.05) is 142 Å². The number of pyridine rings is 2. The fraction of sp³-hybridized carbons (Fsp3) is 0.200. The first-order valence-corrected chi connectivity index (χ1v) is 46.0. The van der Waals surface area contributed by atoms with Crippen LogP contribution in [0.25, 0.3) is 87.6 Å². The van der Waals surface area contributed by atoms with E-state index >= 15 is 28.8 Å². The number of carbonyl (C=O) groups excluding carboxylic acids is 10. The zero-order valence-electron chi connectivity index (χ0n) is 74.9. The van der Waals surface area contributed by atoms with Crippen LogP contribution in [-0.4, -0.2) is 181 Å². The summed E-state index contributed by atoms with van der Waals surface area (Å²) in [6.45, 7) is 7.49. The van der Waals surface area contributed by atoms with E-state index in [-0.39, 0.29) is 185 Å². The molecule has 6 aliphatic heterocycles. The minimum Gasteiger partial charge on any atom is -0.457 e. The van der Waals surface area contributed by atoms with Crippen LogP contribution in [0.5, 0.6) is 46.0 Å². The third kappa shape index (κ3) is 18.3. The molecule has 13 aromatic carbocycles. The smallest absolute Gasteiger partial charge is 0.262 e. The largest absolute Gasteiger partial charge is 0.457 e. The summed E-state index contributed by atoms with van der Waals surface area (Å²) in [6.07, 6.45) is 6.48. The average Bonchev–Trinajstić information content (AvgIpc) is 1.40. The Morgan fingerprint density at radius 2 is 0.551 bits per heavy atom. The molecule has 138 heavy (non-hydrogen) atoms. The predicted octanol–water partition coefficient (Wildman–Crippen LogP) is 16.3. The first-order valence-electron chi connectivity index (χ1n) is 46.0. The molecule has 688 valence electrons. The molecule has 2 aromatic heterocycles. The van der Waals surface area contributed by atoms with Crippen molar-refractivity contribution in [2.24, 2.45) is 0 Å². The van der Waals surface area contributed by atoms with Crippen molar-refractivity contribution in [2.75, 3.05) is 65.7 Å². The zero-order chi connectivity index (χ0) is 94.3. The number of imide groups is 2. The van der Waals surface area contributed by atoms with Crippen LogP contribution in [0, 0.1) is 0 Å². The Kier molecular flexibility index (Phi) is 24.2. The zero-order valence-corrected chi connectivity index (χ0v) is 74.9. The number of ether oxygens (including phenoxy) is 8. The number of carbonyl (C=O) groups is 10. The molecule has 6 aliphatic rings. The molecule has 4 fully saturated rings. The number of nitrogens with zero attached hydrogens (tertiary/aromatic N) is 4. The molecule has 21 rings (SSSR count). The average molecular weight is 1840 g/mol. The van der Waals surface area contributed by atoms with Crippen molar-refractivity contribution in [2.45, 2.75) is 76.0 Å². The lowest BCUT2D eigenvalue weighted by atomic mass is 9.80. The molecule has 8 heterocycles. The number of nitrogens with one attached hydrogen (secondary N) is 6. The van der Waals surface area contributed by atoms with Gasteiger partial charge in [0.1, 0.15) is 58.1 Å². The van der Waals surface area contributed by atoms with Crippen LogP contribution in [0.4, 0.5) is 0 Å². The number of hydrogen-bond acceptors (Lipinski definition) is 20. The van der Waals surface area contributed by atoms with Crippen LogP contribution in [0.15, 0.2) is 267 Å². The van der Waals surface area contributed by atoms with Crippen molar-refractivity contribution in [3.8, 4) is 90.5 Å². The van der Waals surface area contributed by atoms with Gasteiger partial charge in [0.05, 0.1) is 73.1 Å². The molecule has 4 saturated heterocycles. The fourth-order valence-corrected chi connectivity index (χ4v) is 18.1. The van der Waals surface area contributed by atoms with E-state index in [1.807, 2.05) is 62.4 Å². The van der Waals surface area contributed by atoms with Crippen molar-refractivity contribution in [1.29, 1.82) is 0 Å². The Morgan fingerprint density at radius 1 is 0.312 bits per heavy atom. The van der Waals surface area contributed by atoms with Gasteiger partial charge < -0.3 is 69.8 Å². The Hall–Kier alpha value is -16.4. The van der Waals surface area contributed by atoms with E-state index in [9.17, 15) is 19.2 Å². The van der Waals surface area contributed by atoms with Gasteiger partial charge in [0.25, 0.3) is 47.3 Å². The highest BCUT2D eigenvalue weighted by atomic mass is 16.6. The highest BCUT2D eigenvalue weighted by Gasteiger charge is 2.47. The number of amides is 10. The van der Waals surface area contributed by atoms with Crippen LogP contribution < -0.4 is 50.8 Å². The maximum absolute atomic E-state index is 17.1. The summed E-state index contributed by atoms with van der Waals surface area (Å²) < 4.78 is 52.2. The molecule has 0 spiro atoms. The SMILES string of the molecule is CCCNC(=O)C(Cc1ccncc1)N1C(=O)c2cc(Oc3cccc(-c4cccc(C(=O)NCC5CO5)c4)c3)c3c4c(Oc5cccc(-c6cccc(C(=O)NCC7CO7)c6)c5)cc5c6c(cc(Oc7cccc(-c8cccc(C(=O)NCC9CO9)c8)c7)c(c7c(Oc8cccc(-c9cccc(C(=O)NCC%10CO%10)c9)c8)cc(c2c37)C1=O)c64)C(=O)N(C(Cc1ccncc1)C(=O)NCCC)C5=O. The van der Waals surface area contributed by atoms with Crippen molar-refractivity contribution < 1.29 is 85.8 Å². The summed E-state index contributed by atoms with van der Waals surface area (Å²) >= 11 is 0. The second-order valence-electron chi connectivity index (χ2n) is 34.9. The number of benzene rings is 13. The number of aromatic nitrogens is 2. The maximum Gasteiger partial charge on any atom is 0.262 e. The van der Waals surface area contributed by atoms with Gasteiger partial charge in [0.2, 0.25) is 11.8 Å². The summed E-state index contributed by atoms with van der Waals surface area (Å²) in [5.41, 5.74) is 6.81. The van der Waals surface area contributed by atoms with Crippen molar-refractivity contribution in [3.63, 3.8) is 0 Å². The maximum atomic E-state index is 17.1. The highest BCUT2D eigenvalue weighted by Crippen LogP contribution is 2.59. The summed E-state index contributed by atoms with van der Waals surface area (Å²) in [7, 11) is 0. The van der Waals surface area contributed by atoms with E-state index in [4.69, 9.17) is 37.9 Å². The lowest BCUT2D eigenvalue weighted by molar-refractivity contribution is -0.125. The fourth-order valence-electron chi connectivity index (χ4n) is 18.1. The third-order valence-corrected chi connectivity index (χ3v) is 25.3. The van der Waals surface area contributed by atoms with Gasteiger partial charge in [-0.15, -0.1) is 0 Å². The topological polar surface area (TPSA) is 362 Å². The van der Waals surface area contributed by atoms with E-state index < -0.39 is 47.5 Å². The van der Waals surface area contributed by atoms with Crippen LogP contribution in [-0.2, 0) is 41.4 Å². The molecular formula is C110H90N10O18. The van der Waals surface area contributed by atoms with Crippen molar-refractivity contribution in [1.82, 2.24) is 51.7 Å². The Bertz CT molecular complexity index is 6670. The van der Waals surface area contributed by atoms with Crippen molar-refractivity contribution in [3.05, 3.63) is 323 Å². The summed E-state index contributed by atoms with van der Waals surface area (Å²) in [4.78, 5) is 165. The third-order valence-electron chi connectivity index (χ3n) is 25.3. The normalized spacial score (nSPS) is 16.4. The van der Waals surface area contributed by atoms with E-state index in [1.54, 1.807) is 195 Å². The van der Waals surface area contributed by atoms with Crippen LogP contribution in [0.3, 0.4) is 0 Å². The molecule has 6 unspecified atom stereocenters. The first kappa shape index (κ1) is 88.2. The van der Waals surface area contributed by atoms with E-state index in [0.717, 1.165) is 9.80 Å². The monoisotopic (exact) mass is 1840 g/mol. The van der Waals surface area contributed by atoms with Crippen LogP contribution in [0.1, 0.15) is 121 Å². The quantitative estimate of drug-likeness (QED) is 0.00919. The molecule has 28 heteroatoms. The van der Waals surface area contributed by atoms with Gasteiger partial charge in [-0.25, -0.2) is 0 Å². The summed E-state index contributed by atoms with van der Waals surface area (Å²) in [5.74, 6) is -5.93. The van der Waals surface area contributed by atoms with Gasteiger partial charge in [-0.3, -0.25) is 67.7 Å². The molecule has 15 aromatic rings. The molecule has 28 nitrogen and oxygen atoms in total. The lowest BCUT2D eigenvalue weighted by Gasteiger charge is -2.36. The second kappa shape index (κ2) is 37.8. The highest BCUT2D eigenvalue weighted by molar-refractivity contribution is 6.45. The number of hydrogen-bond donors (Lipinski definition) is 6. The molecule has 0 aliphatic carbocycles. The molecule has 0 saturated carbocycles. The van der Waals surface area contributed by atoms with Gasteiger partial charge in [0.15, 0.2) is 0 Å². The van der Waals surface area contributed by atoms with Gasteiger partial charge in [-0.1, -0.05) is 111 Å². The van der Waals surface area contributed by atoms with E-state index in [0.29, 0.717) is 143 Å². The number of rotatable bonds is 36. The number of fused-ring (bicyclic) bond motifs is 2. The standard InChI is InChI=1S/C110H90N10O18/c1-3-33-113-105(125)87(39-61-29-35-111-36-30-61)119-107(127)83-49-89(135-75-25-9-17-67(45-75)63-13-5-21-71(41-63)101(121)115-53-79-57-131-79)95-97-91(137-77-27-11-19-69(47-77)65-15-7-23-73(43-65)103(123)117-55-81-59-133-81)51-85-94-86(110(130)120(109(85)129)88(106(126)114-34-4-2)40-62-31-37-112-38-32-62)52-92(138-78-28-12-20-70(48-78)66-16-8-24-74(44-66)104(124)118-56-82-60-134-82)98(100(94)97)96-90(50-84(108(119)128)93(83)99(95)96)136-76-26-10-18-68(46-76)64-14-6-22-72(42-64)102(122)116-54-80-58-132-80/h5-32,35-38,41-52,79-82,87-88H,3-4,33-34,39-40,53-60H2,1-2H3,(H,113,125)(H,114,126)(H,115,121)(H,116,122)(H,117,123)(H,118,124). The Morgan fingerprint density at radius 3 is 0.790 bits per heavy atom. The minimum atomic E-state index is -1.53. The summed E-state index contributed by atoms with van der Waals surface area (Å²) in [5, 5.41) is 18.6. The van der Waals surface area contributed by atoms with Crippen LogP contribution in [0.2, 0.25) is 0 Å². The molecule has 6 atom stereocenters. The van der Waals surface area contributed by atoms with Gasteiger partial charge in [-0.05, 0) is 214 Å². The minimum absolute atomic E-state index is 0.0363. The van der Waals surface area contributed by atoms with Gasteiger partial charge >= 0.3 is 0 Å². The van der Waals surface area contributed by atoms with Gasteiger partial charge in [-0.2, -0.15) is 0 Å². The van der Waals surface area contributed by atoms with Crippen LogP contribution >= 0.6 is 0 Å². The van der Waals surface area contributed by atoms with E-state index in [1.165, 1.54) is 24.3 Å². The Balaban J connectivity index is 0.868. The Labute approximate surface area is 790 Å². The molecule has 0 bridgehead atoms. The predicted molar refractivity (Wildman–Crippen MR) is 515 cm³/mol. The number of epoxide rings is 4. The van der Waals surface area contributed by atoms with Crippen molar-refractivity contribution >= 4 is 102 Å². The molecular weight excluding hydrogens is 1750 g/mol. The van der Waals surface area contributed by atoms with E-state index in [2.05, 4.69) is 41.9 Å². The summed E-state index contributed by atoms with van der Waals surface area (Å²) in [6, 6.07) is 66.4. The lowest BCUT2D eigenvalue weighted by Crippen LogP contribution is -2.54. The first-order chi connectivity index (χ1) is 67.4.